The zero-order valence-corrected chi connectivity index (χ0v) is 33.7. The minimum Gasteiger partial charge on any atom is -0.465 e. The highest BCUT2D eigenvalue weighted by atomic mass is 16.5. The topological polar surface area (TPSA) is 26.3 Å². The average Bonchev–Trinajstić information content (AvgIpc) is 4.08. The maximum atomic E-state index is 13.0. The SMILES string of the molecule is COC(=O)c1ccc2c(c1)CC1C3C=C4CC5=CC6C7c8c9c%10c%11c%12c%13c%14c%15c(c%16c%13c%13c(c4c5c7c%13c8%12)C%163)C1(CC%15=CC(C=C%10CC91Cc3ccc(C)cc3CC61)C%11%14)C2. The molecule has 14 aliphatic rings. The lowest BCUT2D eigenvalue weighted by Gasteiger charge is -2.54. The van der Waals surface area contributed by atoms with Crippen LogP contribution in [0, 0.1) is 36.5 Å². The maximum absolute atomic E-state index is 13.0. The van der Waals surface area contributed by atoms with Crippen LogP contribution < -0.4 is 0 Å². The highest BCUT2D eigenvalue weighted by molar-refractivity contribution is 6.38. The second-order valence-corrected chi connectivity index (χ2v) is 22.5. The lowest BCUT2D eigenvalue weighted by Crippen LogP contribution is -2.49. The summed E-state index contributed by atoms with van der Waals surface area (Å²) in [4.78, 5) is 13.0. The minimum absolute atomic E-state index is 0.0788. The van der Waals surface area contributed by atoms with Gasteiger partial charge >= 0.3 is 5.97 Å². The Morgan fingerprint density at radius 1 is 0.550 bits per heavy atom. The van der Waals surface area contributed by atoms with Gasteiger partial charge in [0.25, 0.3) is 0 Å². The Hall–Kier alpha value is -5.47. The number of hydrogen-bond donors (Lipinski definition) is 0. The number of ether oxygens (including phenoxy) is 1. The van der Waals surface area contributed by atoms with Crippen LogP contribution in [0.1, 0.15) is 142 Å². The number of hydrogen-bond acceptors (Lipinski definition) is 2. The molecule has 20 rings (SSSR count). The van der Waals surface area contributed by atoms with Crippen LogP contribution in [0.5, 0.6) is 0 Å². The van der Waals surface area contributed by atoms with E-state index in [4.69, 9.17) is 4.74 Å². The number of aryl methyl sites for hydroxylation is 1. The first-order valence-electron chi connectivity index (χ1n) is 23.3. The van der Waals surface area contributed by atoms with Gasteiger partial charge in [0, 0.05) is 34.5 Å². The molecule has 2 spiro atoms. The molecular weight excluding hydrogens is 729 g/mol. The van der Waals surface area contributed by atoms with Gasteiger partial charge in [0.2, 0.25) is 0 Å². The zero-order chi connectivity index (χ0) is 38.1. The van der Waals surface area contributed by atoms with Crippen molar-refractivity contribution in [3.63, 3.8) is 0 Å². The number of fused-ring (bicyclic) bond motifs is 4. The largest absolute Gasteiger partial charge is 0.465 e. The quantitative estimate of drug-likeness (QED) is 0.123. The monoisotopic (exact) mass is 766 g/mol. The van der Waals surface area contributed by atoms with Crippen molar-refractivity contribution in [2.24, 2.45) is 29.6 Å². The van der Waals surface area contributed by atoms with Crippen LogP contribution in [0.15, 0.2) is 60.7 Å². The van der Waals surface area contributed by atoms with Crippen LogP contribution in [0.2, 0.25) is 0 Å². The van der Waals surface area contributed by atoms with Gasteiger partial charge in [-0.1, -0.05) is 54.1 Å². The first kappa shape index (κ1) is 28.9. The number of carbonyl (C=O) groups is 1. The van der Waals surface area contributed by atoms with Gasteiger partial charge in [0.1, 0.15) is 0 Å². The smallest absolute Gasteiger partial charge is 0.337 e. The molecule has 6 aromatic carbocycles. The van der Waals surface area contributed by atoms with Crippen LogP contribution >= 0.6 is 0 Å². The third-order valence-electron chi connectivity index (χ3n) is 21.0. The Morgan fingerprint density at radius 3 is 1.63 bits per heavy atom. The summed E-state index contributed by atoms with van der Waals surface area (Å²) in [6, 6.07) is 14.1. The molecule has 0 saturated carbocycles. The van der Waals surface area contributed by atoms with Crippen molar-refractivity contribution in [2.45, 2.75) is 80.5 Å². The Bertz CT molecular complexity index is 3710. The van der Waals surface area contributed by atoms with Gasteiger partial charge in [0.15, 0.2) is 0 Å². The molecule has 0 radical (unpaired) electrons. The van der Waals surface area contributed by atoms with E-state index in [1.807, 2.05) is 11.1 Å². The van der Waals surface area contributed by atoms with Crippen molar-refractivity contribution in [1.29, 1.82) is 0 Å². The lowest BCUT2D eigenvalue weighted by atomic mass is 9.49. The van der Waals surface area contributed by atoms with Crippen molar-refractivity contribution in [3.05, 3.63) is 161 Å². The van der Waals surface area contributed by atoms with Crippen LogP contribution in [-0.2, 0) is 41.3 Å². The van der Waals surface area contributed by atoms with Gasteiger partial charge in [-0.15, -0.1) is 0 Å². The van der Waals surface area contributed by atoms with Gasteiger partial charge in [-0.3, -0.25) is 0 Å². The number of carbonyl (C=O) groups excluding carboxylic acids is 1. The van der Waals surface area contributed by atoms with E-state index in [2.05, 4.69) is 67.6 Å². The van der Waals surface area contributed by atoms with E-state index in [0.717, 1.165) is 19.3 Å². The number of benzene rings is 6. The van der Waals surface area contributed by atoms with Crippen LogP contribution in [0.3, 0.4) is 0 Å². The van der Waals surface area contributed by atoms with E-state index in [9.17, 15) is 4.79 Å². The molecular formula is C58H38O2. The number of rotatable bonds is 1. The van der Waals surface area contributed by atoms with Gasteiger partial charge in [-0.2, -0.15) is 0 Å². The van der Waals surface area contributed by atoms with Crippen LogP contribution in [0.4, 0.5) is 0 Å². The van der Waals surface area contributed by atoms with Crippen molar-refractivity contribution < 1.29 is 9.53 Å². The van der Waals surface area contributed by atoms with E-state index in [1.54, 1.807) is 121 Å². The molecule has 60 heavy (non-hydrogen) atoms. The Labute approximate surface area is 346 Å². The molecule has 2 heteroatoms. The fraction of sp³-hybridized carbons (Fsp3) is 0.328. The summed E-state index contributed by atoms with van der Waals surface area (Å²) < 4.78 is 5.28. The molecule has 0 bridgehead atoms. The van der Waals surface area contributed by atoms with E-state index in [-0.39, 0.29) is 16.8 Å². The van der Waals surface area contributed by atoms with Gasteiger partial charge < -0.3 is 4.74 Å². The first-order chi connectivity index (χ1) is 29.5. The molecule has 282 valence electrons. The Morgan fingerprint density at radius 2 is 1.07 bits per heavy atom. The predicted octanol–water partition coefficient (Wildman–Crippen LogP) is 11.6. The van der Waals surface area contributed by atoms with Crippen LogP contribution in [-0.4, -0.2) is 13.1 Å². The van der Waals surface area contributed by atoms with Crippen molar-refractivity contribution in [2.75, 3.05) is 7.11 Å². The minimum atomic E-state index is -0.214. The normalized spacial score (nSPS) is 35.6. The lowest BCUT2D eigenvalue weighted by molar-refractivity contribution is 0.0600. The Kier molecular flexibility index (Phi) is 3.87. The standard InChI is InChI=1S/C58H38O2/c1-20-3-4-22-16-57-18-29-10-26-11-30-19-58-17-23-6-5-21(56(59)60-2)8-25(23)15-34(58)32-13-28-9-27-12-31(33(57)14-24(22)7-20)40-44-35(27)36(28)45-41(32)53-51-47-43(39(30)55(53)58)37(26)42-38(29)54(57)52(40)50(46(42)47)48(44)49(45)51/h3-8,10-13,26,31-34,37,40-41H,9,14-19H2,1-2H3. The second-order valence-electron chi connectivity index (χ2n) is 22.5. The number of esters is 1. The van der Waals surface area contributed by atoms with E-state index >= 15 is 0 Å². The van der Waals surface area contributed by atoms with Crippen molar-refractivity contribution in [1.82, 2.24) is 0 Å². The molecule has 0 aliphatic heterocycles. The molecule has 10 unspecified atom stereocenters. The number of allylic oxidation sites excluding steroid dienone is 8. The molecule has 14 aliphatic carbocycles. The fourth-order valence-electron chi connectivity index (χ4n) is 19.9. The summed E-state index contributed by atoms with van der Waals surface area (Å²) in [6.45, 7) is 2.31. The maximum Gasteiger partial charge on any atom is 0.337 e. The summed E-state index contributed by atoms with van der Waals surface area (Å²) in [7, 11) is 1.52. The molecule has 0 heterocycles. The van der Waals surface area contributed by atoms with E-state index in [0.29, 0.717) is 52.9 Å². The third kappa shape index (κ3) is 2.37. The molecule has 0 amide bonds. The van der Waals surface area contributed by atoms with E-state index < -0.39 is 0 Å². The molecule has 0 fully saturated rings. The fourth-order valence-corrected chi connectivity index (χ4v) is 19.9. The van der Waals surface area contributed by atoms with Gasteiger partial charge in [-0.05, 0) is 231 Å². The molecule has 2 nitrogen and oxygen atoms in total. The first-order valence-corrected chi connectivity index (χ1v) is 23.3. The van der Waals surface area contributed by atoms with Gasteiger partial charge in [0.05, 0.1) is 12.7 Å². The van der Waals surface area contributed by atoms with Crippen molar-refractivity contribution >= 4 is 60.6 Å². The third-order valence-corrected chi connectivity index (χ3v) is 21.0. The highest BCUT2D eigenvalue weighted by Crippen LogP contribution is 2.81. The zero-order valence-electron chi connectivity index (χ0n) is 33.7. The summed E-state index contributed by atoms with van der Waals surface area (Å²) in [6.07, 6.45) is 19.6. The van der Waals surface area contributed by atoms with Gasteiger partial charge in [-0.25, -0.2) is 4.79 Å². The summed E-state index contributed by atoms with van der Waals surface area (Å²) in [5.74, 6) is 3.75. The van der Waals surface area contributed by atoms with Crippen LogP contribution in [0.25, 0.3) is 54.6 Å². The molecule has 6 aromatic rings. The summed E-state index contributed by atoms with van der Waals surface area (Å²) in [5, 5.41) is 10.4. The second kappa shape index (κ2) is 8.04. The van der Waals surface area contributed by atoms with Crippen molar-refractivity contribution in [3.8, 4) is 0 Å². The summed E-state index contributed by atoms with van der Waals surface area (Å²) in [5.41, 5.74) is 36.5. The average molecular weight is 767 g/mol. The molecule has 10 atom stereocenters. The summed E-state index contributed by atoms with van der Waals surface area (Å²) >= 11 is 0. The highest BCUT2D eigenvalue weighted by Gasteiger charge is 2.68. The molecule has 0 N–H and O–H groups in total. The number of methoxy groups -OCH3 is 1. The van der Waals surface area contributed by atoms with E-state index in [1.165, 1.54) is 49.5 Å². The predicted molar refractivity (Wildman–Crippen MR) is 235 cm³/mol. The Balaban J connectivity index is 0.997. The molecule has 0 saturated heterocycles. The molecule has 0 aromatic heterocycles.